The van der Waals surface area contributed by atoms with E-state index in [0.29, 0.717) is 29.5 Å². The van der Waals surface area contributed by atoms with E-state index in [1.165, 1.54) is 16.7 Å². The van der Waals surface area contributed by atoms with Gasteiger partial charge in [-0.2, -0.15) is 36.4 Å². The first-order chi connectivity index (χ1) is 21.3. The summed E-state index contributed by atoms with van der Waals surface area (Å²) in [7, 11) is 0. The van der Waals surface area contributed by atoms with Crippen LogP contribution in [0.5, 0.6) is 5.75 Å². The Labute approximate surface area is 298 Å². The molecule has 4 rings (SSSR count). The maximum Gasteiger partial charge on any atom is 2.00 e. The number of para-hydroxylation sites is 1. The normalized spacial score (nSPS) is 13.2. The van der Waals surface area contributed by atoms with Gasteiger partial charge in [-0.25, -0.2) is 0 Å². The fourth-order valence-corrected chi connectivity index (χ4v) is 4.79. The average Bonchev–Trinajstić information content (AvgIpc) is 3.48. The topological polar surface area (TPSA) is 41.9 Å². The number of aliphatic imine (C=N–C) groups is 1. The Morgan fingerprint density at radius 2 is 1.21 bits per heavy atom. The molecule has 0 spiro atoms. The quantitative estimate of drug-likeness (QED) is 0.148. The SMILES string of the molecule is CC(C)N1[C]N(C(C)C)C=C1.CC(C)c1cccc(C(C)C)c1N=Cc1cc(C(C)(C)C)cc(C(C)(C)C)c1[O-].[Ni+2].[c-]1ccccc1. The van der Waals surface area contributed by atoms with Crippen LogP contribution in [0.2, 0.25) is 0 Å². The van der Waals surface area contributed by atoms with Gasteiger partial charge < -0.3 is 14.9 Å². The summed E-state index contributed by atoms with van der Waals surface area (Å²) in [4.78, 5) is 9.07. The van der Waals surface area contributed by atoms with Gasteiger partial charge in [-0.1, -0.05) is 105 Å². The van der Waals surface area contributed by atoms with Crippen molar-refractivity contribution < 1.29 is 21.6 Å². The maximum atomic E-state index is 13.3. The van der Waals surface area contributed by atoms with Crippen molar-refractivity contribution in [2.45, 2.75) is 132 Å². The van der Waals surface area contributed by atoms with Gasteiger partial charge >= 0.3 is 16.5 Å². The summed E-state index contributed by atoms with van der Waals surface area (Å²) in [6.45, 7) is 33.5. The standard InChI is InChI=1S/C27H39NO.C9H16N2.C6H5.Ni/c1-17(2)21-12-11-13-22(18(3)4)24(21)28-16-19-14-20(26(5,6)7)15-23(25(19)29)27(8,9)10;1-8(2)10-5-6-11(7-10)9(3)4;1-2-4-6-5-3-1;/h11-18,29H,1-10H3;5-6,8-9H,1-4H3;1-5H;/q;;-1;+2/p-1. The number of hydrogen-bond donors (Lipinski definition) is 0. The largest absolute Gasteiger partial charge is 2.00 e. The number of hydrogen-bond acceptors (Lipinski definition) is 4. The van der Waals surface area contributed by atoms with Crippen LogP contribution in [0.15, 0.2) is 78.1 Å². The molecular weight excluding hydrogens is 621 g/mol. The monoisotopic (exact) mass is 679 g/mol. The minimum atomic E-state index is -0.208. The average molecular weight is 681 g/mol. The minimum absolute atomic E-state index is 0. The first-order valence-corrected chi connectivity index (χ1v) is 16.8. The van der Waals surface area contributed by atoms with E-state index in [1.54, 1.807) is 6.21 Å². The first-order valence-electron chi connectivity index (χ1n) is 16.8. The molecule has 3 aromatic carbocycles. The van der Waals surface area contributed by atoms with Gasteiger partial charge in [0.2, 0.25) is 6.67 Å². The molecule has 0 fully saturated rings. The molecule has 0 unspecified atom stereocenters. The Kier molecular flexibility index (Phi) is 16.5. The van der Waals surface area contributed by atoms with Crippen molar-refractivity contribution in [3.05, 3.63) is 114 Å². The van der Waals surface area contributed by atoms with Crippen molar-refractivity contribution in [1.29, 1.82) is 0 Å². The van der Waals surface area contributed by atoms with Crippen molar-refractivity contribution in [1.82, 2.24) is 9.80 Å². The molecule has 0 aliphatic carbocycles. The summed E-state index contributed by atoms with van der Waals surface area (Å²) in [5, 5.41) is 13.3. The van der Waals surface area contributed by atoms with Gasteiger partial charge in [0.25, 0.3) is 0 Å². The molecule has 1 heterocycles. The summed E-state index contributed by atoms with van der Waals surface area (Å²) >= 11 is 0. The molecule has 5 heteroatoms. The first kappa shape index (κ1) is 42.0. The number of rotatable bonds is 6. The van der Waals surface area contributed by atoms with Crippen molar-refractivity contribution in [2.75, 3.05) is 0 Å². The zero-order valence-electron chi connectivity index (χ0n) is 31.4. The molecule has 0 bridgehead atoms. The predicted molar refractivity (Wildman–Crippen MR) is 197 cm³/mol. The van der Waals surface area contributed by atoms with Crippen molar-refractivity contribution in [2.24, 2.45) is 4.99 Å². The van der Waals surface area contributed by atoms with Crippen LogP contribution in [0.1, 0.15) is 137 Å². The molecule has 3 aromatic rings. The Balaban J connectivity index is 0.000000498. The molecule has 0 amide bonds. The zero-order chi connectivity index (χ0) is 34.8. The van der Waals surface area contributed by atoms with Crippen LogP contribution >= 0.6 is 0 Å². The van der Waals surface area contributed by atoms with Gasteiger partial charge in [0.1, 0.15) is 0 Å². The van der Waals surface area contributed by atoms with Gasteiger partial charge in [0.15, 0.2) is 0 Å². The van der Waals surface area contributed by atoms with Crippen LogP contribution in [0.25, 0.3) is 0 Å². The van der Waals surface area contributed by atoms with Crippen LogP contribution in [0.3, 0.4) is 0 Å². The predicted octanol–water partition coefficient (Wildman–Crippen LogP) is 10.7. The van der Waals surface area contributed by atoms with Crippen LogP contribution in [-0.4, -0.2) is 28.1 Å². The van der Waals surface area contributed by atoms with Crippen molar-refractivity contribution in [3.63, 3.8) is 0 Å². The van der Waals surface area contributed by atoms with Gasteiger partial charge in [0.05, 0.1) is 5.69 Å². The third-order valence-corrected chi connectivity index (χ3v) is 7.81. The van der Waals surface area contributed by atoms with E-state index in [1.807, 2.05) is 36.4 Å². The third kappa shape index (κ3) is 12.8. The fraction of sp³-hybridized carbons (Fsp3) is 0.476. The number of benzene rings is 3. The molecule has 2 radical (unpaired) electrons. The van der Waals surface area contributed by atoms with Crippen LogP contribution in [0.4, 0.5) is 5.69 Å². The Morgan fingerprint density at radius 1 is 0.723 bits per heavy atom. The molecule has 0 aromatic heterocycles. The maximum absolute atomic E-state index is 13.3. The zero-order valence-corrected chi connectivity index (χ0v) is 32.4. The summed E-state index contributed by atoms with van der Waals surface area (Å²) < 4.78 is 0. The van der Waals surface area contributed by atoms with E-state index >= 15 is 0 Å². The van der Waals surface area contributed by atoms with Crippen LogP contribution in [-0.2, 0) is 27.3 Å². The van der Waals surface area contributed by atoms with Crippen LogP contribution < -0.4 is 5.11 Å². The Morgan fingerprint density at radius 3 is 1.53 bits per heavy atom. The minimum Gasteiger partial charge on any atom is -0.872 e. The molecule has 0 N–H and O–H groups in total. The summed E-state index contributed by atoms with van der Waals surface area (Å²) in [6, 6.07) is 24.0. The molecule has 0 atom stereocenters. The number of nitrogens with zero attached hydrogens (tertiary/aromatic N) is 3. The van der Waals surface area contributed by atoms with Crippen molar-refractivity contribution >= 4 is 11.9 Å². The molecule has 1 aliphatic heterocycles. The molecular formula is C42H59N3NiO. The second-order valence-electron chi connectivity index (χ2n) is 15.3. The summed E-state index contributed by atoms with van der Waals surface area (Å²) in [6.07, 6.45) is 5.91. The molecule has 258 valence electrons. The summed E-state index contributed by atoms with van der Waals surface area (Å²) in [5.41, 5.74) is 5.92. The smallest absolute Gasteiger partial charge is 0.872 e. The van der Waals surface area contributed by atoms with E-state index in [0.717, 1.165) is 11.3 Å². The summed E-state index contributed by atoms with van der Waals surface area (Å²) in [5.74, 6) is 0.833. The molecule has 0 saturated heterocycles. The van der Waals surface area contributed by atoms with Crippen molar-refractivity contribution in [3.8, 4) is 5.75 Å². The van der Waals surface area contributed by atoms with Gasteiger partial charge in [-0.3, -0.25) is 4.99 Å². The van der Waals surface area contributed by atoms with E-state index < -0.39 is 0 Å². The van der Waals surface area contributed by atoms with E-state index in [2.05, 4.69) is 156 Å². The molecule has 1 aliphatic rings. The second kappa shape index (κ2) is 18.5. The molecule has 4 nitrogen and oxygen atoms in total. The van der Waals surface area contributed by atoms with E-state index in [-0.39, 0.29) is 33.1 Å². The van der Waals surface area contributed by atoms with Crippen LogP contribution in [0, 0.1) is 12.7 Å². The Bertz CT molecular complexity index is 1340. The van der Waals surface area contributed by atoms with Gasteiger partial charge in [-0.05, 0) is 78.2 Å². The van der Waals surface area contributed by atoms with Gasteiger partial charge in [-0.15, -0.1) is 0 Å². The molecule has 0 saturated carbocycles. The van der Waals surface area contributed by atoms with E-state index in [9.17, 15) is 5.11 Å². The van der Waals surface area contributed by atoms with Gasteiger partial charge in [0, 0.05) is 30.7 Å². The van der Waals surface area contributed by atoms with E-state index in [4.69, 9.17) is 4.99 Å². The fourth-order valence-electron chi connectivity index (χ4n) is 4.79. The molecule has 47 heavy (non-hydrogen) atoms. The Hall–Kier alpha value is -3.04. The second-order valence-corrected chi connectivity index (χ2v) is 15.3. The third-order valence-electron chi connectivity index (χ3n) is 7.81.